The Kier molecular flexibility index (Phi) is 2.10. The summed E-state index contributed by atoms with van der Waals surface area (Å²) >= 11 is 0. The van der Waals surface area contributed by atoms with Crippen molar-refractivity contribution in [2.45, 2.75) is 44.9 Å². The second-order valence-corrected chi connectivity index (χ2v) is 4.25. The molecule has 0 bridgehead atoms. The number of aryl methyl sites for hydroxylation is 1. The van der Waals surface area contributed by atoms with Crippen molar-refractivity contribution in [2.75, 3.05) is 0 Å². The summed E-state index contributed by atoms with van der Waals surface area (Å²) in [5.41, 5.74) is -1.69. The summed E-state index contributed by atoms with van der Waals surface area (Å²) in [6, 6.07) is 1.11. The molecule has 1 saturated carbocycles. The molecule has 1 aromatic rings. The lowest BCUT2D eigenvalue weighted by Gasteiger charge is -2.23. The Balaban J connectivity index is 2.55. The lowest BCUT2D eigenvalue weighted by Crippen LogP contribution is -2.27. The van der Waals surface area contributed by atoms with Gasteiger partial charge in [0.2, 0.25) is 0 Å². The number of nitrogens with zero attached hydrogens (tertiary/aromatic N) is 1. The van der Waals surface area contributed by atoms with Gasteiger partial charge in [0.25, 0.3) is 0 Å². The molecule has 3 nitrogen and oxygen atoms in total. The largest absolute Gasteiger partial charge is 0.425 e. The van der Waals surface area contributed by atoms with E-state index < -0.39 is 23.8 Å². The van der Waals surface area contributed by atoms with E-state index in [1.807, 2.05) is 0 Å². The van der Waals surface area contributed by atoms with Crippen molar-refractivity contribution in [1.29, 1.82) is 0 Å². The molecular formula is C12H16FNO2. The smallest absolute Gasteiger partial charge is 0.319 e. The van der Waals surface area contributed by atoms with Crippen molar-refractivity contribution in [3.8, 4) is 0 Å². The minimum atomic E-state index is -2.69. The van der Waals surface area contributed by atoms with Crippen LogP contribution >= 0.6 is 0 Å². The molecule has 1 aromatic heterocycles. The first-order valence-electron chi connectivity index (χ1n) is 6.97. The van der Waals surface area contributed by atoms with E-state index in [1.54, 1.807) is 0 Å². The first-order valence-corrected chi connectivity index (χ1v) is 5.47. The van der Waals surface area contributed by atoms with Gasteiger partial charge in [-0.05, 0) is 31.3 Å². The third-order valence-corrected chi connectivity index (χ3v) is 3.18. The molecule has 0 atom stereocenters. The van der Waals surface area contributed by atoms with Crippen molar-refractivity contribution in [3.05, 3.63) is 33.5 Å². The van der Waals surface area contributed by atoms with Gasteiger partial charge in [-0.2, -0.15) is 0 Å². The van der Waals surface area contributed by atoms with Crippen LogP contribution in [-0.2, 0) is 0 Å². The van der Waals surface area contributed by atoms with Crippen molar-refractivity contribution in [1.82, 2.24) is 4.73 Å². The zero-order valence-electron chi connectivity index (χ0n) is 11.9. The number of rotatable bonds is 1. The number of halogens is 1. The number of hydrogen-bond donors (Lipinski definition) is 1. The van der Waals surface area contributed by atoms with Crippen LogP contribution in [0.15, 0.2) is 10.9 Å². The summed E-state index contributed by atoms with van der Waals surface area (Å²) < 4.78 is 35.7. The monoisotopic (exact) mass is 228 g/mol. The lowest BCUT2D eigenvalue weighted by molar-refractivity contribution is 0.152. The molecule has 0 aliphatic heterocycles. The molecular weight excluding hydrogens is 209 g/mol. The van der Waals surface area contributed by atoms with E-state index in [0.29, 0.717) is 0 Å². The van der Waals surface area contributed by atoms with Crippen LogP contribution in [0.25, 0.3) is 0 Å². The van der Waals surface area contributed by atoms with E-state index in [-0.39, 0.29) is 16.3 Å². The number of aromatic nitrogens is 1. The first kappa shape index (κ1) is 7.87. The van der Waals surface area contributed by atoms with Crippen molar-refractivity contribution >= 4 is 0 Å². The van der Waals surface area contributed by atoms with Crippen LogP contribution in [0, 0.1) is 12.7 Å². The van der Waals surface area contributed by atoms with Crippen LogP contribution in [0.3, 0.4) is 0 Å². The molecule has 0 radical (unpaired) electrons. The van der Waals surface area contributed by atoms with Gasteiger partial charge in [-0.15, -0.1) is 4.73 Å². The second-order valence-electron chi connectivity index (χ2n) is 4.25. The third kappa shape index (κ3) is 1.84. The van der Waals surface area contributed by atoms with Crippen LogP contribution in [-0.4, -0.2) is 9.94 Å². The lowest BCUT2D eigenvalue weighted by atomic mass is 9.86. The van der Waals surface area contributed by atoms with E-state index in [2.05, 4.69) is 0 Å². The van der Waals surface area contributed by atoms with Gasteiger partial charge in [-0.3, -0.25) is 4.79 Å². The third-order valence-electron chi connectivity index (χ3n) is 3.18. The minimum Gasteiger partial charge on any atom is -0.425 e. The topological polar surface area (TPSA) is 42.2 Å². The normalized spacial score (nSPS) is 21.2. The van der Waals surface area contributed by atoms with Crippen LogP contribution in [0.2, 0.25) is 0 Å². The highest BCUT2D eigenvalue weighted by molar-refractivity contribution is 5.20. The van der Waals surface area contributed by atoms with Gasteiger partial charge in [0.05, 0.1) is 5.69 Å². The van der Waals surface area contributed by atoms with Gasteiger partial charge in [-0.1, -0.05) is 19.3 Å². The number of pyridine rings is 1. The van der Waals surface area contributed by atoms with E-state index in [1.165, 1.54) is 0 Å². The van der Waals surface area contributed by atoms with Gasteiger partial charge in [0.1, 0.15) is 0 Å². The highest BCUT2D eigenvalue weighted by Gasteiger charge is 2.21. The molecule has 0 spiro atoms. The maximum absolute atomic E-state index is 13.7. The van der Waals surface area contributed by atoms with Gasteiger partial charge < -0.3 is 5.21 Å². The molecule has 0 unspecified atom stereocenters. The minimum absolute atomic E-state index is 0.0897. The molecule has 2 rings (SSSR count). The van der Waals surface area contributed by atoms with Crippen LogP contribution < -0.4 is 5.56 Å². The highest BCUT2D eigenvalue weighted by atomic mass is 19.1. The van der Waals surface area contributed by atoms with Gasteiger partial charge in [0, 0.05) is 10.0 Å². The SMILES string of the molecule is [2H]C([2H])([2H])c1cc(C2CCCCC2)n(O)c(=O)c1F. The average Bonchev–Trinajstić information content (AvgIpc) is 2.36. The van der Waals surface area contributed by atoms with Gasteiger partial charge in [0.15, 0.2) is 5.82 Å². The molecule has 1 aliphatic rings. The van der Waals surface area contributed by atoms with Crippen LogP contribution in [0.4, 0.5) is 4.39 Å². The summed E-state index contributed by atoms with van der Waals surface area (Å²) in [4.78, 5) is 11.6. The Hall–Kier alpha value is -1.32. The molecule has 0 aromatic carbocycles. The predicted octanol–water partition coefficient (Wildman–Crippen LogP) is 2.58. The number of hydrogen-bond acceptors (Lipinski definition) is 2. The molecule has 4 heteroatoms. The molecule has 0 amide bonds. The standard InChI is InChI=1S/C12H16FNO2/c1-8-7-10(9-5-3-2-4-6-9)14(16)12(15)11(8)13/h7,9,16H,2-6H2,1H3/i1D3. The van der Waals surface area contributed by atoms with Crippen molar-refractivity contribution < 1.29 is 13.7 Å². The van der Waals surface area contributed by atoms with E-state index in [4.69, 9.17) is 4.11 Å². The Morgan fingerprint density at radius 2 is 2.19 bits per heavy atom. The fourth-order valence-corrected chi connectivity index (χ4v) is 2.29. The summed E-state index contributed by atoms with van der Waals surface area (Å²) in [6.45, 7) is -2.69. The Morgan fingerprint density at radius 1 is 1.50 bits per heavy atom. The first-order chi connectivity index (χ1) is 8.82. The van der Waals surface area contributed by atoms with E-state index in [0.717, 1.165) is 38.2 Å². The quantitative estimate of drug-likeness (QED) is 0.751. The zero-order valence-corrected chi connectivity index (χ0v) is 8.87. The average molecular weight is 228 g/mol. The summed E-state index contributed by atoms with van der Waals surface area (Å²) in [5.74, 6) is -1.49. The molecule has 1 heterocycles. The zero-order chi connectivity index (χ0) is 14.2. The van der Waals surface area contributed by atoms with Crippen molar-refractivity contribution in [2.24, 2.45) is 0 Å². The summed E-state index contributed by atoms with van der Waals surface area (Å²) in [5, 5.41) is 9.70. The van der Waals surface area contributed by atoms with Crippen LogP contribution in [0.1, 0.15) is 53.4 Å². The fourth-order valence-electron chi connectivity index (χ4n) is 2.29. The Bertz CT molecular complexity index is 533. The van der Waals surface area contributed by atoms with Gasteiger partial charge >= 0.3 is 5.56 Å². The fraction of sp³-hybridized carbons (Fsp3) is 0.583. The van der Waals surface area contributed by atoms with Gasteiger partial charge in [-0.25, -0.2) is 4.39 Å². The van der Waals surface area contributed by atoms with Crippen LogP contribution in [0.5, 0.6) is 0 Å². The second kappa shape index (κ2) is 4.28. The Morgan fingerprint density at radius 3 is 2.81 bits per heavy atom. The Labute approximate surface area is 97.7 Å². The van der Waals surface area contributed by atoms with Crippen molar-refractivity contribution in [3.63, 3.8) is 0 Å². The van der Waals surface area contributed by atoms with E-state index in [9.17, 15) is 14.4 Å². The summed E-state index contributed by atoms with van der Waals surface area (Å²) in [6.07, 6.45) is 4.54. The maximum Gasteiger partial charge on any atom is 0.319 e. The molecule has 16 heavy (non-hydrogen) atoms. The molecule has 88 valence electrons. The predicted molar refractivity (Wildman–Crippen MR) is 58.4 cm³/mol. The summed E-state index contributed by atoms with van der Waals surface area (Å²) in [7, 11) is 0. The molecule has 0 saturated heterocycles. The van der Waals surface area contributed by atoms with E-state index >= 15 is 0 Å². The molecule has 1 N–H and O–H groups in total. The molecule has 1 aliphatic carbocycles. The maximum atomic E-state index is 13.7. The highest BCUT2D eigenvalue weighted by Crippen LogP contribution is 2.32. The molecule has 1 fully saturated rings.